The first kappa shape index (κ1) is 21.8. The van der Waals surface area contributed by atoms with E-state index in [0.717, 1.165) is 5.56 Å². The summed E-state index contributed by atoms with van der Waals surface area (Å²) < 4.78 is 37.0. The highest BCUT2D eigenvalue weighted by molar-refractivity contribution is 7.89. The molecule has 0 bridgehead atoms. The van der Waals surface area contributed by atoms with Crippen molar-refractivity contribution in [3.05, 3.63) is 53.6 Å². The van der Waals surface area contributed by atoms with Crippen LogP contribution in [0.3, 0.4) is 0 Å². The van der Waals surface area contributed by atoms with Crippen molar-refractivity contribution in [3.63, 3.8) is 0 Å². The molecule has 1 aliphatic heterocycles. The predicted octanol–water partition coefficient (Wildman–Crippen LogP) is 2.33. The van der Waals surface area contributed by atoms with E-state index in [2.05, 4.69) is 5.32 Å². The van der Waals surface area contributed by atoms with E-state index in [-0.39, 0.29) is 36.3 Å². The van der Waals surface area contributed by atoms with Gasteiger partial charge in [-0.05, 0) is 43.2 Å². The lowest BCUT2D eigenvalue weighted by Gasteiger charge is -2.17. The van der Waals surface area contributed by atoms with Crippen molar-refractivity contribution < 1.29 is 27.5 Å². The number of hydrogen-bond donors (Lipinski definition) is 1. The number of carbonyl (C=O) groups is 2. The van der Waals surface area contributed by atoms with Gasteiger partial charge in [0.05, 0.1) is 4.90 Å². The van der Waals surface area contributed by atoms with Crippen molar-refractivity contribution in [2.24, 2.45) is 0 Å². The first-order valence-corrected chi connectivity index (χ1v) is 10.9. The third-order valence-electron chi connectivity index (χ3n) is 4.77. The van der Waals surface area contributed by atoms with E-state index in [1.807, 2.05) is 12.1 Å². The SMILES string of the molecule is CC(=O)c1ccc(S(=O)(=O)N(C)CCCC(=O)NCc2ccc3c(c2)OCO3)cc1. The molecule has 0 spiro atoms. The summed E-state index contributed by atoms with van der Waals surface area (Å²) in [5, 5.41) is 2.82. The lowest BCUT2D eigenvalue weighted by atomic mass is 10.2. The topological polar surface area (TPSA) is 102 Å². The number of hydrogen-bond acceptors (Lipinski definition) is 6. The van der Waals surface area contributed by atoms with E-state index in [4.69, 9.17) is 9.47 Å². The molecule has 9 heteroatoms. The normalized spacial score (nSPS) is 12.8. The van der Waals surface area contributed by atoms with Gasteiger partial charge >= 0.3 is 0 Å². The Labute approximate surface area is 175 Å². The molecule has 0 radical (unpaired) electrons. The molecule has 30 heavy (non-hydrogen) atoms. The minimum Gasteiger partial charge on any atom is -0.454 e. The van der Waals surface area contributed by atoms with Crippen LogP contribution < -0.4 is 14.8 Å². The van der Waals surface area contributed by atoms with E-state index >= 15 is 0 Å². The standard InChI is InChI=1S/C21H24N2O6S/c1-15(24)17-6-8-18(9-7-17)30(26,27)23(2)11-3-4-21(25)22-13-16-5-10-19-20(12-16)29-14-28-19/h5-10,12H,3-4,11,13-14H2,1-2H3,(H,22,25). The fraction of sp³-hybridized carbons (Fsp3) is 0.333. The summed E-state index contributed by atoms with van der Waals surface area (Å²) in [7, 11) is -2.20. The molecule has 0 unspecified atom stereocenters. The van der Waals surface area contributed by atoms with Gasteiger partial charge in [0.15, 0.2) is 17.3 Å². The van der Waals surface area contributed by atoms with Crippen molar-refractivity contribution in [1.82, 2.24) is 9.62 Å². The number of carbonyl (C=O) groups excluding carboxylic acids is 2. The molecule has 0 atom stereocenters. The Morgan fingerprint density at radius 3 is 2.47 bits per heavy atom. The van der Waals surface area contributed by atoms with Gasteiger partial charge in [-0.25, -0.2) is 12.7 Å². The molecule has 1 N–H and O–H groups in total. The van der Waals surface area contributed by atoms with Crippen molar-refractivity contribution in [1.29, 1.82) is 0 Å². The fourth-order valence-corrected chi connectivity index (χ4v) is 4.17. The van der Waals surface area contributed by atoms with Crippen LogP contribution in [0.4, 0.5) is 0 Å². The first-order valence-electron chi connectivity index (χ1n) is 9.50. The van der Waals surface area contributed by atoms with Gasteiger partial charge in [0.25, 0.3) is 0 Å². The largest absolute Gasteiger partial charge is 0.454 e. The zero-order valence-corrected chi connectivity index (χ0v) is 17.7. The summed E-state index contributed by atoms with van der Waals surface area (Å²) in [6, 6.07) is 11.3. The average Bonchev–Trinajstić information content (AvgIpc) is 3.20. The van der Waals surface area contributed by atoms with Crippen molar-refractivity contribution in [2.45, 2.75) is 31.2 Å². The molecule has 1 aliphatic rings. The maximum absolute atomic E-state index is 12.6. The minimum atomic E-state index is -3.68. The van der Waals surface area contributed by atoms with Crippen LogP contribution in [0, 0.1) is 0 Å². The van der Waals surface area contributed by atoms with Crippen LogP contribution in [-0.2, 0) is 21.4 Å². The van der Waals surface area contributed by atoms with E-state index in [0.29, 0.717) is 30.0 Å². The van der Waals surface area contributed by atoms with Gasteiger partial charge in [0.1, 0.15) is 0 Å². The molecule has 2 aromatic carbocycles. The van der Waals surface area contributed by atoms with Crippen molar-refractivity contribution in [2.75, 3.05) is 20.4 Å². The highest BCUT2D eigenvalue weighted by Gasteiger charge is 2.21. The number of amides is 1. The second-order valence-corrected chi connectivity index (χ2v) is 9.02. The molecule has 1 heterocycles. The monoisotopic (exact) mass is 432 g/mol. The summed E-state index contributed by atoms with van der Waals surface area (Å²) in [6.45, 7) is 2.18. The number of ether oxygens (including phenoxy) is 2. The molecule has 2 aromatic rings. The van der Waals surface area contributed by atoms with Gasteiger partial charge in [-0.1, -0.05) is 18.2 Å². The van der Waals surface area contributed by atoms with Crippen LogP contribution in [0.25, 0.3) is 0 Å². The zero-order chi connectivity index (χ0) is 21.7. The molecule has 160 valence electrons. The summed E-state index contributed by atoms with van der Waals surface area (Å²) in [6.07, 6.45) is 0.585. The lowest BCUT2D eigenvalue weighted by molar-refractivity contribution is -0.121. The number of fused-ring (bicyclic) bond motifs is 1. The Balaban J connectivity index is 1.45. The Morgan fingerprint density at radius 1 is 1.07 bits per heavy atom. The molecular weight excluding hydrogens is 408 g/mol. The Bertz CT molecular complexity index is 1030. The zero-order valence-electron chi connectivity index (χ0n) is 16.9. The molecule has 8 nitrogen and oxygen atoms in total. The van der Waals surface area contributed by atoms with Crippen LogP contribution in [0.5, 0.6) is 11.5 Å². The molecule has 0 aliphatic carbocycles. The summed E-state index contributed by atoms with van der Waals surface area (Å²) in [5.74, 6) is 1.05. The first-order chi connectivity index (χ1) is 14.3. The van der Waals surface area contributed by atoms with Gasteiger partial charge in [0.2, 0.25) is 22.7 Å². The van der Waals surface area contributed by atoms with Crippen LogP contribution in [0.15, 0.2) is 47.4 Å². The summed E-state index contributed by atoms with van der Waals surface area (Å²) >= 11 is 0. The fourth-order valence-electron chi connectivity index (χ4n) is 2.96. The molecular formula is C21H24N2O6S. The molecule has 0 fully saturated rings. The summed E-state index contributed by atoms with van der Waals surface area (Å²) in [4.78, 5) is 23.5. The van der Waals surface area contributed by atoms with Crippen molar-refractivity contribution in [3.8, 4) is 11.5 Å². The van der Waals surface area contributed by atoms with E-state index in [1.54, 1.807) is 6.07 Å². The van der Waals surface area contributed by atoms with Crippen LogP contribution in [-0.4, -0.2) is 44.8 Å². The average molecular weight is 432 g/mol. The molecule has 0 saturated carbocycles. The van der Waals surface area contributed by atoms with Crippen molar-refractivity contribution >= 4 is 21.7 Å². The van der Waals surface area contributed by atoms with Crippen LogP contribution in [0.1, 0.15) is 35.7 Å². The predicted molar refractivity (Wildman–Crippen MR) is 110 cm³/mol. The van der Waals surface area contributed by atoms with Crippen LogP contribution >= 0.6 is 0 Å². The Morgan fingerprint density at radius 2 is 1.77 bits per heavy atom. The maximum atomic E-state index is 12.6. The van der Waals surface area contributed by atoms with Gasteiger partial charge in [-0.15, -0.1) is 0 Å². The van der Waals surface area contributed by atoms with Gasteiger partial charge in [-0.2, -0.15) is 0 Å². The second kappa shape index (κ2) is 9.27. The molecule has 1 amide bonds. The Kier molecular flexibility index (Phi) is 6.73. The quantitative estimate of drug-likeness (QED) is 0.610. The highest BCUT2D eigenvalue weighted by Crippen LogP contribution is 2.32. The van der Waals surface area contributed by atoms with Gasteiger partial charge in [-0.3, -0.25) is 9.59 Å². The number of rotatable bonds is 9. The lowest BCUT2D eigenvalue weighted by Crippen LogP contribution is -2.29. The van der Waals surface area contributed by atoms with E-state index in [9.17, 15) is 18.0 Å². The molecule has 0 saturated heterocycles. The van der Waals surface area contributed by atoms with E-state index in [1.165, 1.54) is 42.5 Å². The molecule has 0 aromatic heterocycles. The Hall–Kier alpha value is -2.91. The highest BCUT2D eigenvalue weighted by atomic mass is 32.2. The molecule has 3 rings (SSSR count). The third kappa shape index (κ3) is 5.17. The second-order valence-electron chi connectivity index (χ2n) is 6.98. The number of nitrogens with zero attached hydrogens (tertiary/aromatic N) is 1. The number of ketones is 1. The third-order valence-corrected chi connectivity index (χ3v) is 6.64. The van der Waals surface area contributed by atoms with Gasteiger partial charge < -0.3 is 14.8 Å². The smallest absolute Gasteiger partial charge is 0.242 e. The number of sulfonamides is 1. The van der Waals surface area contributed by atoms with E-state index < -0.39 is 10.0 Å². The number of benzene rings is 2. The van der Waals surface area contributed by atoms with Crippen LogP contribution in [0.2, 0.25) is 0 Å². The number of Topliss-reactive ketones (excluding diaryl/α,β-unsaturated/α-hetero) is 1. The maximum Gasteiger partial charge on any atom is 0.242 e. The minimum absolute atomic E-state index is 0.113. The summed E-state index contributed by atoms with van der Waals surface area (Å²) in [5.41, 5.74) is 1.34. The van der Waals surface area contributed by atoms with Gasteiger partial charge in [0, 0.05) is 32.1 Å². The number of nitrogens with one attached hydrogen (secondary N) is 1.